The molecule has 0 rings (SSSR count). The van der Waals surface area contributed by atoms with Crippen molar-refractivity contribution in [3.05, 3.63) is 60.8 Å². The van der Waals surface area contributed by atoms with Crippen LogP contribution in [0.1, 0.15) is 303 Å². The number of unbranched alkanes of at least 4 members (excludes halogenated alkanes) is 36. The molecular formula is C63H115NO5. The Bertz CT molecular complexity index is 1210. The number of aliphatic hydroxyl groups is 2. The normalized spacial score (nSPS) is 13.0. The Labute approximate surface area is 428 Å². The molecule has 6 nitrogen and oxygen atoms in total. The van der Waals surface area contributed by atoms with Crippen molar-refractivity contribution in [3.8, 4) is 0 Å². The van der Waals surface area contributed by atoms with Crippen LogP contribution in [-0.2, 0) is 14.3 Å². The van der Waals surface area contributed by atoms with E-state index >= 15 is 0 Å². The predicted molar refractivity (Wildman–Crippen MR) is 301 cm³/mol. The molecule has 0 saturated carbocycles. The second-order valence-corrected chi connectivity index (χ2v) is 20.3. The molecule has 2 atom stereocenters. The van der Waals surface area contributed by atoms with Crippen LogP contribution in [0.15, 0.2) is 60.8 Å². The summed E-state index contributed by atoms with van der Waals surface area (Å²) in [5.41, 5.74) is 0. The van der Waals surface area contributed by atoms with Gasteiger partial charge in [-0.1, -0.05) is 254 Å². The number of ether oxygens (including phenoxy) is 1. The molecule has 0 aromatic rings. The second-order valence-electron chi connectivity index (χ2n) is 20.3. The minimum atomic E-state index is -0.851. The van der Waals surface area contributed by atoms with Crippen molar-refractivity contribution in [2.75, 3.05) is 13.2 Å². The molecule has 0 aliphatic carbocycles. The quantitative estimate of drug-likeness (QED) is 0.0321. The number of carbonyl (C=O) groups excluding carboxylic acids is 2. The van der Waals surface area contributed by atoms with Crippen molar-refractivity contribution in [1.82, 2.24) is 5.32 Å². The Balaban J connectivity index is 3.48. The van der Waals surface area contributed by atoms with Crippen LogP contribution >= 0.6 is 0 Å². The summed E-state index contributed by atoms with van der Waals surface area (Å²) in [5, 5.41) is 23.1. The van der Waals surface area contributed by atoms with E-state index in [4.69, 9.17) is 4.74 Å². The molecule has 6 heteroatoms. The summed E-state index contributed by atoms with van der Waals surface area (Å²) in [7, 11) is 0. The molecule has 0 spiro atoms. The van der Waals surface area contributed by atoms with Gasteiger partial charge >= 0.3 is 5.97 Å². The lowest BCUT2D eigenvalue weighted by Crippen LogP contribution is -2.45. The van der Waals surface area contributed by atoms with Gasteiger partial charge in [0.15, 0.2) is 0 Å². The highest BCUT2D eigenvalue weighted by Crippen LogP contribution is 2.15. The molecule has 3 N–H and O–H groups in total. The zero-order chi connectivity index (χ0) is 50.0. The maximum Gasteiger partial charge on any atom is 0.305 e. The maximum absolute atomic E-state index is 12.4. The highest BCUT2D eigenvalue weighted by Gasteiger charge is 2.18. The fourth-order valence-electron chi connectivity index (χ4n) is 8.87. The topological polar surface area (TPSA) is 95.9 Å². The number of allylic oxidation sites excluding steroid dienone is 9. The molecule has 69 heavy (non-hydrogen) atoms. The molecule has 0 bridgehead atoms. The number of hydrogen-bond donors (Lipinski definition) is 3. The lowest BCUT2D eigenvalue weighted by molar-refractivity contribution is -0.143. The fourth-order valence-corrected chi connectivity index (χ4v) is 8.87. The third kappa shape index (κ3) is 54.7. The SMILES string of the molecule is CCCCCC/C=C\C/C=C\CCCCCCCC(=O)OCCCCCCCCCCC/C=C\C/C=C\CCCCCCCCCC(=O)NC(CO)C(O)/C=C/CCCCCCCCCCCCC. The second kappa shape index (κ2) is 58.1. The van der Waals surface area contributed by atoms with Crippen LogP contribution in [0.4, 0.5) is 0 Å². The van der Waals surface area contributed by atoms with Gasteiger partial charge < -0.3 is 20.3 Å². The lowest BCUT2D eigenvalue weighted by atomic mass is 10.0. The van der Waals surface area contributed by atoms with Crippen LogP contribution in [0.5, 0.6) is 0 Å². The van der Waals surface area contributed by atoms with Gasteiger partial charge in [0.1, 0.15) is 0 Å². The third-order valence-electron chi connectivity index (χ3n) is 13.5. The largest absolute Gasteiger partial charge is 0.466 e. The first-order valence-electron chi connectivity index (χ1n) is 30.1. The smallest absolute Gasteiger partial charge is 0.305 e. The number of nitrogens with one attached hydrogen (secondary N) is 1. The van der Waals surface area contributed by atoms with Crippen LogP contribution < -0.4 is 5.32 Å². The molecule has 0 aromatic carbocycles. The number of amides is 1. The van der Waals surface area contributed by atoms with Gasteiger partial charge in [-0.15, -0.1) is 0 Å². The fraction of sp³-hybridized carbons (Fsp3) is 0.810. The number of esters is 1. The minimum absolute atomic E-state index is 0.00771. The van der Waals surface area contributed by atoms with E-state index in [0.29, 0.717) is 19.4 Å². The van der Waals surface area contributed by atoms with E-state index in [-0.39, 0.29) is 18.5 Å². The predicted octanol–water partition coefficient (Wildman–Crippen LogP) is 18.7. The monoisotopic (exact) mass is 966 g/mol. The molecule has 2 unspecified atom stereocenters. The Morgan fingerprint density at radius 3 is 1.12 bits per heavy atom. The van der Waals surface area contributed by atoms with E-state index in [0.717, 1.165) is 70.6 Å². The first kappa shape index (κ1) is 66.6. The molecular weight excluding hydrogens is 851 g/mol. The van der Waals surface area contributed by atoms with Crippen molar-refractivity contribution in [1.29, 1.82) is 0 Å². The molecule has 0 saturated heterocycles. The summed E-state index contributed by atoms with van der Waals surface area (Å²) in [4.78, 5) is 24.5. The Morgan fingerprint density at radius 2 is 0.725 bits per heavy atom. The van der Waals surface area contributed by atoms with E-state index in [2.05, 4.69) is 67.8 Å². The van der Waals surface area contributed by atoms with E-state index in [1.165, 1.54) is 205 Å². The van der Waals surface area contributed by atoms with Crippen molar-refractivity contribution in [3.63, 3.8) is 0 Å². The van der Waals surface area contributed by atoms with Gasteiger partial charge in [0.2, 0.25) is 5.91 Å². The van der Waals surface area contributed by atoms with Gasteiger partial charge in [-0.25, -0.2) is 0 Å². The number of aliphatic hydroxyl groups excluding tert-OH is 2. The van der Waals surface area contributed by atoms with E-state index in [9.17, 15) is 19.8 Å². The van der Waals surface area contributed by atoms with Crippen LogP contribution in [0.25, 0.3) is 0 Å². The van der Waals surface area contributed by atoms with Gasteiger partial charge in [0, 0.05) is 12.8 Å². The minimum Gasteiger partial charge on any atom is -0.466 e. The summed E-state index contributed by atoms with van der Waals surface area (Å²) in [6.45, 7) is 4.86. The van der Waals surface area contributed by atoms with Crippen LogP contribution in [0, 0.1) is 0 Å². The number of carbonyl (C=O) groups is 2. The highest BCUT2D eigenvalue weighted by atomic mass is 16.5. The summed E-state index contributed by atoms with van der Waals surface area (Å²) in [5.74, 6) is -0.0874. The Hall–Kier alpha value is -2.44. The average molecular weight is 967 g/mol. The van der Waals surface area contributed by atoms with E-state index in [1.807, 2.05) is 6.08 Å². The lowest BCUT2D eigenvalue weighted by Gasteiger charge is -2.20. The molecule has 0 radical (unpaired) electrons. The van der Waals surface area contributed by atoms with Gasteiger partial charge in [-0.05, 0) is 96.3 Å². The van der Waals surface area contributed by atoms with Gasteiger partial charge in [0.05, 0.1) is 25.4 Å². The summed E-state index contributed by atoms with van der Waals surface area (Å²) in [6, 6.07) is -0.636. The van der Waals surface area contributed by atoms with Crippen molar-refractivity contribution < 1.29 is 24.5 Å². The first-order valence-corrected chi connectivity index (χ1v) is 30.1. The van der Waals surface area contributed by atoms with E-state index in [1.54, 1.807) is 6.08 Å². The van der Waals surface area contributed by atoms with Crippen LogP contribution in [0.3, 0.4) is 0 Å². The third-order valence-corrected chi connectivity index (χ3v) is 13.5. The van der Waals surface area contributed by atoms with Crippen molar-refractivity contribution >= 4 is 11.9 Å². The zero-order valence-electron chi connectivity index (χ0n) is 45.8. The van der Waals surface area contributed by atoms with Gasteiger partial charge in [-0.2, -0.15) is 0 Å². The molecule has 1 amide bonds. The Kier molecular flexibility index (Phi) is 56.1. The summed E-state index contributed by atoms with van der Waals surface area (Å²) >= 11 is 0. The van der Waals surface area contributed by atoms with Crippen LogP contribution in [0.2, 0.25) is 0 Å². The van der Waals surface area contributed by atoms with Crippen LogP contribution in [-0.4, -0.2) is 47.4 Å². The average Bonchev–Trinajstić information content (AvgIpc) is 3.35. The van der Waals surface area contributed by atoms with Gasteiger partial charge in [-0.3, -0.25) is 9.59 Å². The maximum atomic E-state index is 12.4. The number of rotatable bonds is 55. The van der Waals surface area contributed by atoms with Gasteiger partial charge in [0.25, 0.3) is 0 Å². The molecule has 0 aliphatic heterocycles. The molecule has 0 fully saturated rings. The summed E-state index contributed by atoms with van der Waals surface area (Å²) in [6.07, 6.45) is 75.3. The highest BCUT2D eigenvalue weighted by molar-refractivity contribution is 5.76. The summed E-state index contributed by atoms with van der Waals surface area (Å²) < 4.78 is 5.47. The van der Waals surface area contributed by atoms with Crippen molar-refractivity contribution in [2.24, 2.45) is 0 Å². The molecule has 402 valence electrons. The zero-order valence-corrected chi connectivity index (χ0v) is 45.8. The Morgan fingerprint density at radius 1 is 0.406 bits per heavy atom. The molecule has 0 aromatic heterocycles. The van der Waals surface area contributed by atoms with E-state index < -0.39 is 12.1 Å². The molecule has 0 aliphatic rings. The van der Waals surface area contributed by atoms with Crippen molar-refractivity contribution in [2.45, 2.75) is 315 Å². The number of hydrogen-bond acceptors (Lipinski definition) is 5. The standard InChI is InChI=1S/C63H115NO5/c1-3-5-7-9-11-13-15-17-18-29-33-37-41-45-49-53-57-63(68)69-58-54-50-46-42-38-34-30-27-25-23-21-19-20-22-24-26-28-32-36-40-44-48-52-56-62(67)64-60(59-65)61(66)55-51-47-43-39-35-31-16-14-12-10-8-6-4-2/h13,15,18-19,21-22,24,29,51,55,60-61,65-66H,3-12,14,16-17,20,23,25-28,30-50,52-54,56-59H2,1-2H3,(H,64,67)/b15-13-,21-19-,24-22-,29-18-,55-51+. The first-order chi connectivity index (χ1) is 34.0. The molecule has 0 heterocycles.